The Labute approximate surface area is 485 Å². The average Bonchev–Trinajstić information content (AvgIpc) is 0.866. The standard InChI is InChI=1S/C68H79B2N5O6Si/c1-45(2)64(76)28-15-16-38-74(41-48-20-9-13-26-60(48)69(78)79)44-59-51-23-12-11-22-50(51)58(43-75(39-19-35-71-68(77)46(3)4)42-49-21-10-14-27-61(49)70(80)81)52-30-29-47(40-57(52)59)65-55-31-33-62-53(24-17-36-72(62)5)66(55)82(7,8)67-54-25-18-37-73(6)63(54)34-32-56(65)67/h9-14,20-23,26-27,29-34,40,78-81H,1,3,15-19,24-25,28,35-39,41-44H2,2,4-8H3/p+1. The number of benzene rings is 7. The molecule has 11 nitrogen and oxygen atoms in total. The number of nitrogens with zero attached hydrogens (tertiary/aromatic N) is 4. The lowest BCUT2D eigenvalue weighted by atomic mass is 9.77. The van der Waals surface area contributed by atoms with Crippen molar-refractivity contribution in [2.75, 3.05) is 51.7 Å². The second-order valence-corrected chi connectivity index (χ2v) is 28.2. The van der Waals surface area contributed by atoms with Gasteiger partial charge in [-0.1, -0.05) is 117 Å². The highest BCUT2D eigenvalue weighted by atomic mass is 28.3. The number of anilines is 1. The number of fused-ring (bicyclic) bond motifs is 8. The lowest BCUT2D eigenvalue weighted by Gasteiger charge is -2.40. The smallest absolute Gasteiger partial charge is 0.423 e. The van der Waals surface area contributed by atoms with E-state index in [2.05, 4.69) is 132 Å². The summed E-state index contributed by atoms with van der Waals surface area (Å²) in [6.07, 6.45) is 6.85. The minimum Gasteiger partial charge on any atom is -0.423 e. The average molecular weight is 1110 g/mol. The van der Waals surface area contributed by atoms with Crippen molar-refractivity contribution in [3.05, 3.63) is 195 Å². The maximum atomic E-state index is 12.9. The van der Waals surface area contributed by atoms with Crippen LogP contribution in [0.25, 0.3) is 27.1 Å². The van der Waals surface area contributed by atoms with E-state index < -0.39 is 22.3 Å². The fourth-order valence-electron chi connectivity index (χ4n) is 13.7. The first-order valence-electron chi connectivity index (χ1n) is 29.5. The molecule has 0 bridgehead atoms. The van der Waals surface area contributed by atoms with Crippen molar-refractivity contribution >= 4 is 88.1 Å². The minimum absolute atomic E-state index is 0.0663. The molecule has 5 N–H and O–H groups in total. The Morgan fingerprint density at radius 2 is 1.27 bits per heavy atom. The van der Waals surface area contributed by atoms with E-state index in [1.807, 2.05) is 36.4 Å². The van der Waals surface area contributed by atoms with Crippen molar-refractivity contribution in [1.82, 2.24) is 19.7 Å². The Bertz CT molecular complexity index is 3780. The van der Waals surface area contributed by atoms with Crippen molar-refractivity contribution in [1.29, 1.82) is 0 Å². The molecular formula is C68H80B2N5O6Si+. The van der Waals surface area contributed by atoms with Crippen molar-refractivity contribution in [3.63, 3.8) is 0 Å². The quantitative estimate of drug-likeness (QED) is 0.0194. The van der Waals surface area contributed by atoms with Gasteiger partial charge in [0.05, 0.1) is 0 Å². The van der Waals surface area contributed by atoms with Gasteiger partial charge in [-0.05, 0) is 175 Å². The monoisotopic (exact) mass is 1110 g/mol. The van der Waals surface area contributed by atoms with E-state index in [-0.39, 0.29) is 11.7 Å². The molecule has 0 unspecified atom stereocenters. The zero-order chi connectivity index (χ0) is 58.0. The molecule has 0 aliphatic carbocycles. The molecule has 3 aliphatic rings. The molecule has 82 heavy (non-hydrogen) atoms. The van der Waals surface area contributed by atoms with Crippen LogP contribution in [0.5, 0.6) is 0 Å². The van der Waals surface area contributed by atoms with Crippen LogP contribution in [-0.4, -0.2) is 111 Å². The highest BCUT2D eigenvalue weighted by molar-refractivity contribution is 7.02. The number of amides is 1. The summed E-state index contributed by atoms with van der Waals surface area (Å²) in [6, 6.07) is 40.5. The van der Waals surface area contributed by atoms with E-state index in [9.17, 15) is 29.7 Å². The van der Waals surface area contributed by atoms with Crippen molar-refractivity contribution in [2.24, 2.45) is 0 Å². The fourth-order valence-corrected chi connectivity index (χ4v) is 17.7. The molecule has 422 valence electrons. The number of ketones is 1. The summed E-state index contributed by atoms with van der Waals surface area (Å²) >= 11 is 0. The highest BCUT2D eigenvalue weighted by Gasteiger charge is 2.41. The van der Waals surface area contributed by atoms with E-state index in [1.54, 1.807) is 36.4 Å². The molecule has 0 atom stereocenters. The third kappa shape index (κ3) is 11.9. The van der Waals surface area contributed by atoms with Gasteiger partial charge >= 0.3 is 14.2 Å². The van der Waals surface area contributed by atoms with Crippen LogP contribution in [0.1, 0.15) is 96.9 Å². The van der Waals surface area contributed by atoms with Gasteiger partial charge < -0.3 is 30.3 Å². The van der Waals surface area contributed by atoms with E-state index in [4.69, 9.17) is 0 Å². The number of nitrogens with one attached hydrogen (secondary N) is 1. The van der Waals surface area contributed by atoms with Gasteiger partial charge in [-0.3, -0.25) is 19.4 Å². The molecule has 3 heterocycles. The topological polar surface area (TPSA) is 140 Å². The molecule has 0 aromatic heterocycles. The largest absolute Gasteiger partial charge is 0.488 e. The van der Waals surface area contributed by atoms with Crippen LogP contribution < -0.4 is 46.7 Å². The Kier molecular flexibility index (Phi) is 17.8. The normalized spacial score (nSPS) is 14.4. The summed E-state index contributed by atoms with van der Waals surface area (Å²) < 4.78 is 2.46. The van der Waals surface area contributed by atoms with Gasteiger partial charge in [0.25, 0.3) is 0 Å². The van der Waals surface area contributed by atoms with Crippen LogP contribution in [0.4, 0.5) is 5.69 Å². The Hall–Kier alpha value is -6.74. The summed E-state index contributed by atoms with van der Waals surface area (Å²) in [5.74, 6) is -0.114. The molecule has 10 rings (SSSR count). The first-order chi connectivity index (χ1) is 39.4. The number of carbonyl (C=O) groups excluding carboxylic acids is 2. The summed E-state index contributed by atoms with van der Waals surface area (Å²) in [4.78, 5) is 32.8. The molecule has 0 spiro atoms. The van der Waals surface area contributed by atoms with Crippen molar-refractivity contribution < 1.29 is 29.7 Å². The number of rotatable bonds is 22. The lowest BCUT2D eigenvalue weighted by molar-refractivity contribution is -0.117. The summed E-state index contributed by atoms with van der Waals surface area (Å²) in [5, 5.41) is 55.9. The molecule has 0 fully saturated rings. The number of hydrogen-bond acceptors (Lipinski definition) is 9. The maximum absolute atomic E-state index is 12.9. The zero-order valence-corrected chi connectivity index (χ0v) is 50.0. The van der Waals surface area contributed by atoms with Gasteiger partial charge in [-0.2, -0.15) is 0 Å². The molecule has 1 amide bonds. The predicted molar refractivity (Wildman–Crippen MR) is 341 cm³/mol. The lowest BCUT2D eigenvalue weighted by Crippen LogP contribution is -2.67. The minimum atomic E-state index is -2.33. The number of carbonyl (C=O) groups is 2. The predicted octanol–water partition coefficient (Wildman–Crippen LogP) is 5.59. The SMILES string of the molecule is C=C(C)C(=O)CCCCN(Cc1ccccc1B(O)O)Cc1c2ccccc2c(CN(CCCNC(=O)C(=C)C)Cc2ccccc2B(O)O)c2ccc(C3=c4ccc5c(c4[Si](C)(C)c4c3ccc3c4CCCN3C)CCC[N+]=5C)cc12. The number of Topliss-reactive ketones (excluding diaryl/α,β-unsaturated/α-hetero) is 1. The van der Waals surface area contributed by atoms with Gasteiger partial charge in [-0.25, -0.2) is 4.58 Å². The summed E-state index contributed by atoms with van der Waals surface area (Å²) in [6.45, 7) is 22.1. The molecule has 14 heteroatoms. The van der Waals surface area contributed by atoms with E-state index >= 15 is 0 Å². The second kappa shape index (κ2) is 25.0. The second-order valence-electron chi connectivity index (χ2n) is 23.9. The summed E-state index contributed by atoms with van der Waals surface area (Å²) in [7, 11) is -1.12. The third-order valence-corrected chi connectivity index (χ3v) is 21.4. The molecular weight excluding hydrogens is 1030 g/mol. The zero-order valence-electron chi connectivity index (χ0n) is 49.0. The van der Waals surface area contributed by atoms with Crippen LogP contribution in [0, 0.1) is 0 Å². The van der Waals surface area contributed by atoms with Crippen molar-refractivity contribution in [3.8, 4) is 0 Å². The Morgan fingerprint density at radius 1 is 0.671 bits per heavy atom. The van der Waals surface area contributed by atoms with Crippen molar-refractivity contribution in [2.45, 2.75) is 104 Å². The third-order valence-electron chi connectivity index (χ3n) is 17.7. The molecule has 0 saturated heterocycles. The fraction of sp³-hybridized carbons (Fsp3) is 0.338. The van der Waals surface area contributed by atoms with Crippen LogP contribution in [0.3, 0.4) is 0 Å². The maximum Gasteiger partial charge on any atom is 0.488 e. The first-order valence-corrected chi connectivity index (χ1v) is 32.5. The van der Waals surface area contributed by atoms with E-state index in [0.717, 1.165) is 94.6 Å². The Morgan fingerprint density at radius 3 is 1.90 bits per heavy atom. The van der Waals surface area contributed by atoms with Crippen LogP contribution in [0.15, 0.2) is 140 Å². The van der Waals surface area contributed by atoms with Gasteiger partial charge in [0, 0.05) is 88.6 Å². The summed E-state index contributed by atoms with van der Waals surface area (Å²) in [5.41, 5.74) is 14.0. The highest BCUT2D eigenvalue weighted by Crippen LogP contribution is 2.39. The van der Waals surface area contributed by atoms with Crippen LogP contribution in [0.2, 0.25) is 13.1 Å². The molecule has 3 aliphatic heterocycles. The van der Waals surface area contributed by atoms with Gasteiger partial charge in [0.2, 0.25) is 11.3 Å². The van der Waals surface area contributed by atoms with E-state index in [1.165, 1.54) is 38.5 Å². The van der Waals surface area contributed by atoms with Gasteiger partial charge in [0.1, 0.15) is 21.7 Å². The Balaban J connectivity index is 1.22. The number of hydrogen-bond donors (Lipinski definition) is 5. The molecule has 7 aromatic rings. The molecule has 0 saturated carbocycles. The van der Waals surface area contributed by atoms with E-state index in [0.29, 0.717) is 87.1 Å². The van der Waals surface area contributed by atoms with Gasteiger partial charge in [0.15, 0.2) is 5.78 Å². The number of allylic oxidation sites excluding steroid dienone is 1. The first kappa shape index (κ1) is 58.5. The number of unbranched alkanes of at least 4 members (excludes halogenated alkanes) is 1. The van der Waals surface area contributed by atoms with Crippen LogP contribution >= 0.6 is 0 Å². The molecule has 7 aromatic carbocycles. The van der Waals surface area contributed by atoms with Crippen LogP contribution in [-0.2, 0) is 48.6 Å². The van der Waals surface area contributed by atoms with Gasteiger partial charge in [-0.15, -0.1) is 0 Å². The molecule has 0 radical (unpaired) electrons.